The Labute approximate surface area is 176 Å². The number of nitrogens with one attached hydrogen (secondary N) is 1. The molecule has 0 radical (unpaired) electrons. The molecular weight excluding hydrogens is 426 g/mol. The van der Waals surface area contributed by atoms with Gasteiger partial charge in [-0.05, 0) is 37.5 Å². The van der Waals surface area contributed by atoms with E-state index >= 15 is 0 Å². The number of rotatable bonds is 9. The van der Waals surface area contributed by atoms with Crippen LogP contribution in [0.2, 0.25) is 0 Å². The normalized spacial score (nSPS) is 12.3. The topological polar surface area (TPSA) is 115 Å². The van der Waals surface area contributed by atoms with Crippen LogP contribution in [0.5, 0.6) is 0 Å². The summed E-state index contributed by atoms with van der Waals surface area (Å²) in [5, 5.41) is 0.852. The molecule has 2 aromatic heterocycles. The molecule has 2 heterocycles. The van der Waals surface area contributed by atoms with Gasteiger partial charge in [0.15, 0.2) is 6.29 Å². The van der Waals surface area contributed by atoms with E-state index in [-0.39, 0.29) is 17.9 Å². The summed E-state index contributed by atoms with van der Waals surface area (Å²) in [6, 6.07) is 9.48. The Kier molecular flexibility index (Phi) is 6.39. The molecule has 0 saturated carbocycles. The average Bonchev–Trinajstić information content (AvgIpc) is 2.99. The van der Waals surface area contributed by atoms with Crippen LogP contribution in [0, 0.1) is 0 Å². The van der Waals surface area contributed by atoms with Crippen molar-refractivity contribution in [1.29, 1.82) is 0 Å². The van der Waals surface area contributed by atoms with Gasteiger partial charge in [0.2, 0.25) is 20.0 Å². The Morgan fingerprint density at radius 1 is 1.10 bits per heavy atom. The second-order valence-corrected chi connectivity index (χ2v) is 11.1. The highest BCUT2D eigenvalue weighted by Gasteiger charge is 2.19. The van der Waals surface area contributed by atoms with Crippen molar-refractivity contribution in [2.45, 2.75) is 19.8 Å². The summed E-state index contributed by atoms with van der Waals surface area (Å²) < 4.78 is 50.6. The van der Waals surface area contributed by atoms with Gasteiger partial charge in [-0.1, -0.05) is 18.2 Å². The molecule has 1 aromatic carbocycles. The van der Waals surface area contributed by atoms with E-state index in [0.29, 0.717) is 12.0 Å². The number of aryl methyl sites for hydroxylation is 2. The third kappa shape index (κ3) is 4.77. The Bertz CT molecular complexity index is 1300. The molecular formula is C20H23N3O5S2. The molecule has 0 saturated heterocycles. The number of carbonyl (C=O) groups excluding carboxylic acids is 1. The van der Waals surface area contributed by atoms with Crippen LogP contribution in [0.4, 0.5) is 0 Å². The molecule has 0 aliphatic rings. The first-order chi connectivity index (χ1) is 14.2. The van der Waals surface area contributed by atoms with Crippen LogP contribution < -0.4 is 4.13 Å². The van der Waals surface area contributed by atoms with Crippen LogP contribution in [0.15, 0.2) is 42.7 Å². The zero-order chi connectivity index (χ0) is 21.9. The minimum absolute atomic E-state index is 0.231. The smallest absolute Gasteiger partial charge is 0.224 e. The van der Waals surface area contributed by atoms with E-state index in [9.17, 15) is 21.6 Å². The second-order valence-electron chi connectivity index (χ2n) is 6.95. The zero-order valence-corrected chi connectivity index (χ0v) is 18.3. The maximum Gasteiger partial charge on any atom is 0.224 e. The Hall–Kier alpha value is -2.56. The lowest BCUT2D eigenvalue weighted by molar-refractivity contribution is 0.112. The predicted molar refractivity (Wildman–Crippen MR) is 116 cm³/mol. The van der Waals surface area contributed by atoms with Gasteiger partial charge in [0, 0.05) is 41.5 Å². The van der Waals surface area contributed by atoms with Crippen LogP contribution in [0.1, 0.15) is 29.3 Å². The van der Waals surface area contributed by atoms with Gasteiger partial charge in [-0.25, -0.2) is 16.8 Å². The number of sulfonamides is 2. The molecule has 3 rings (SSSR count). The van der Waals surface area contributed by atoms with Crippen LogP contribution in [0.3, 0.4) is 0 Å². The van der Waals surface area contributed by atoms with Crippen molar-refractivity contribution < 1.29 is 21.6 Å². The van der Waals surface area contributed by atoms with E-state index in [4.69, 9.17) is 0 Å². The van der Waals surface area contributed by atoms with Gasteiger partial charge in [-0.15, -0.1) is 4.13 Å². The SMILES string of the molecule is CCS(=O)(=O)NS(=O)(=O)CCCc1cncc(-c2c(C=O)c3ccccc3n2C)c1. The van der Waals surface area contributed by atoms with Crippen molar-refractivity contribution in [2.75, 3.05) is 11.5 Å². The minimum Gasteiger partial charge on any atom is -0.343 e. The molecule has 0 bridgehead atoms. The third-order valence-electron chi connectivity index (χ3n) is 4.84. The van der Waals surface area contributed by atoms with E-state index in [1.54, 1.807) is 16.5 Å². The van der Waals surface area contributed by atoms with Crippen LogP contribution in [-0.2, 0) is 33.5 Å². The molecule has 10 heteroatoms. The molecule has 0 amide bonds. The fourth-order valence-electron chi connectivity index (χ4n) is 3.41. The zero-order valence-electron chi connectivity index (χ0n) is 16.7. The standard InChI is InChI=1S/C20H23N3O5S2/c1-3-29(25,26)22-30(27,28)10-6-7-15-11-16(13-21-12-15)20-18(14-24)17-8-4-5-9-19(17)23(20)2/h4-5,8-9,11-14,22H,3,6-7,10H2,1-2H3. The maximum atomic E-state index is 12.0. The molecule has 8 nitrogen and oxygen atoms in total. The number of hydrogen-bond acceptors (Lipinski definition) is 6. The van der Waals surface area contributed by atoms with Gasteiger partial charge in [-0.3, -0.25) is 9.78 Å². The number of aldehydes is 1. The highest BCUT2D eigenvalue weighted by atomic mass is 32.3. The van der Waals surface area contributed by atoms with E-state index in [1.807, 2.05) is 41.9 Å². The first-order valence-corrected chi connectivity index (χ1v) is 12.7. The van der Waals surface area contributed by atoms with E-state index in [1.165, 1.54) is 6.92 Å². The minimum atomic E-state index is -3.93. The first kappa shape index (κ1) is 22.1. The molecule has 160 valence electrons. The summed E-state index contributed by atoms with van der Waals surface area (Å²) >= 11 is 0. The lowest BCUT2D eigenvalue weighted by Gasteiger charge is -2.09. The lowest BCUT2D eigenvalue weighted by Crippen LogP contribution is -2.33. The molecule has 3 aromatic rings. The molecule has 0 atom stereocenters. The lowest BCUT2D eigenvalue weighted by atomic mass is 10.0. The first-order valence-electron chi connectivity index (χ1n) is 9.38. The number of benzene rings is 1. The van der Waals surface area contributed by atoms with Crippen LogP contribution in [-0.4, -0.2) is 44.2 Å². The van der Waals surface area contributed by atoms with Crippen molar-refractivity contribution >= 4 is 37.2 Å². The molecule has 0 aliphatic heterocycles. The number of hydrogen-bond donors (Lipinski definition) is 1. The number of fused-ring (bicyclic) bond motifs is 1. The number of carbonyl (C=O) groups is 1. The molecule has 1 N–H and O–H groups in total. The highest BCUT2D eigenvalue weighted by Crippen LogP contribution is 2.32. The molecule has 0 spiro atoms. The Morgan fingerprint density at radius 2 is 1.83 bits per heavy atom. The summed E-state index contributed by atoms with van der Waals surface area (Å²) in [6.07, 6.45) is 4.76. The summed E-state index contributed by atoms with van der Waals surface area (Å²) in [4.78, 5) is 16.0. The van der Waals surface area contributed by atoms with Gasteiger partial charge in [0.05, 0.1) is 17.2 Å². The van der Waals surface area contributed by atoms with Crippen molar-refractivity contribution in [3.63, 3.8) is 0 Å². The maximum absolute atomic E-state index is 12.0. The number of nitrogens with zero attached hydrogens (tertiary/aromatic N) is 2. The highest BCUT2D eigenvalue weighted by molar-refractivity contribution is 8.04. The van der Waals surface area contributed by atoms with Crippen molar-refractivity contribution in [1.82, 2.24) is 13.7 Å². The number of aromatic nitrogens is 2. The van der Waals surface area contributed by atoms with Gasteiger partial charge in [0.1, 0.15) is 0 Å². The fourth-order valence-corrected chi connectivity index (χ4v) is 6.28. The van der Waals surface area contributed by atoms with Crippen LogP contribution in [0.25, 0.3) is 22.2 Å². The second kappa shape index (κ2) is 8.66. The van der Waals surface area contributed by atoms with E-state index in [2.05, 4.69) is 4.98 Å². The van der Waals surface area contributed by atoms with Crippen molar-refractivity contribution in [3.8, 4) is 11.3 Å². The van der Waals surface area contributed by atoms with Gasteiger partial charge < -0.3 is 4.57 Å². The fraction of sp³-hybridized carbons (Fsp3) is 0.300. The molecule has 0 fully saturated rings. The largest absolute Gasteiger partial charge is 0.343 e. The summed E-state index contributed by atoms with van der Waals surface area (Å²) in [5.41, 5.74) is 3.78. The number of para-hydroxylation sites is 1. The predicted octanol–water partition coefficient (Wildman–Crippen LogP) is 2.25. The van der Waals surface area contributed by atoms with Gasteiger partial charge >= 0.3 is 0 Å². The summed E-state index contributed by atoms with van der Waals surface area (Å²) in [5.74, 6) is -0.619. The van der Waals surface area contributed by atoms with Crippen molar-refractivity contribution in [3.05, 3.63) is 53.9 Å². The summed E-state index contributed by atoms with van der Waals surface area (Å²) in [7, 11) is -5.88. The van der Waals surface area contributed by atoms with E-state index < -0.39 is 20.0 Å². The van der Waals surface area contributed by atoms with Gasteiger partial charge in [-0.2, -0.15) is 0 Å². The molecule has 0 aliphatic carbocycles. The monoisotopic (exact) mass is 449 g/mol. The van der Waals surface area contributed by atoms with Crippen molar-refractivity contribution in [2.24, 2.45) is 7.05 Å². The Morgan fingerprint density at radius 3 is 2.53 bits per heavy atom. The summed E-state index contributed by atoms with van der Waals surface area (Å²) in [6.45, 7) is 1.37. The van der Waals surface area contributed by atoms with Gasteiger partial charge in [0.25, 0.3) is 0 Å². The third-order valence-corrected chi connectivity index (χ3v) is 8.46. The number of pyridine rings is 1. The molecule has 30 heavy (non-hydrogen) atoms. The van der Waals surface area contributed by atoms with Crippen LogP contribution >= 0.6 is 0 Å². The average molecular weight is 450 g/mol. The Balaban J connectivity index is 1.82. The quantitative estimate of drug-likeness (QED) is 0.501. The van der Waals surface area contributed by atoms with E-state index in [0.717, 1.165) is 34.0 Å². The molecule has 0 unspecified atom stereocenters.